The molecule has 2 rings (SSSR count). The predicted octanol–water partition coefficient (Wildman–Crippen LogP) is 0.598. The van der Waals surface area contributed by atoms with Crippen molar-refractivity contribution in [2.45, 2.75) is 6.54 Å². The lowest BCUT2D eigenvalue weighted by molar-refractivity contribution is 0.761. The molecule has 0 bridgehead atoms. The highest BCUT2D eigenvalue weighted by Crippen LogP contribution is 2.09. The summed E-state index contributed by atoms with van der Waals surface area (Å²) in [5.41, 5.74) is 7.84. The Hall–Kier alpha value is -2.19. The van der Waals surface area contributed by atoms with Gasteiger partial charge in [0.2, 0.25) is 0 Å². The summed E-state index contributed by atoms with van der Waals surface area (Å²) in [7, 11) is 0. The van der Waals surface area contributed by atoms with E-state index in [1.54, 1.807) is 23.0 Å². The van der Waals surface area contributed by atoms with Crippen LogP contribution in [0.3, 0.4) is 0 Å². The molecule has 0 saturated heterocycles. The average Bonchev–Trinajstić information content (AvgIpc) is 2.77. The minimum Gasteiger partial charge on any atom is -0.325 e. The van der Waals surface area contributed by atoms with Gasteiger partial charge in [-0.2, -0.15) is 5.26 Å². The van der Waals surface area contributed by atoms with E-state index in [4.69, 9.17) is 11.0 Å². The van der Waals surface area contributed by atoms with Crippen LogP contribution in [-0.2, 0) is 6.54 Å². The first-order valence-corrected chi connectivity index (χ1v) is 4.45. The Morgan fingerprint density at radius 1 is 1.33 bits per heavy atom. The van der Waals surface area contributed by atoms with E-state index in [1.165, 1.54) is 0 Å². The van der Waals surface area contributed by atoms with E-state index >= 15 is 0 Å². The van der Waals surface area contributed by atoms with Crippen LogP contribution in [0.4, 0.5) is 0 Å². The molecule has 0 radical (unpaired) electrons. The van der Waals surface area contributed by atoms with Gasteiger partial charge in [-0.3, -0.25) is 0 Å². The zero-order chi connectivity index (χ0) is 10.7. The first-order chi connectivity index (χ1) is 7.35. The van der Waals surface area contributed by atoms with Gasteiger partial charge >= 0.3 is 0 Å². The van der Waals surface area contributed by atoms with Crippen LogP contribution in [0.2, 0.25) is 0 Å². The number of aromatic nitrogens is 3. The molecule has 1 aromatic heterocycles. The lowest BCUT2D eigenvalue weighted by Gasteiger charge is -2.03. The van der Waals surface area contributed by atoms with Crippen LogP contribution in [0.5, 0.6) is 0 Å². The molecule has 5 heteroatoms. The van der Waals surface area contributed by atoms with E-state index in [-0.39, 0.29) is 0 Å². The Morgan fingerprint density at radius 3 is 2.67 bits per heavy atom. The van der Waals surface area contributed by atoms with Crippen molar-refractivity contribution in [2.24, 2.45) is 5.73 Å². The lowest BCUT2D eigenvalue weighted by Crippen LogP contribution is -2.06. The zero-order valence-corrected chi connectivity index (χ0v) is 7.96. The molecule has 74 valence electrons. The molecule has 1 heterocycles. The second-order valence-electron chi connectivity index (χ2n) is 3.00. The molecule has 0 saturated carbocycles. The highest BCUT2D eigenvalue weighted by molar-refractivity contribution is 5.39. The van der Waals surface area contributed by atoms with Gasteiger partial charge in [0.1, 0.15) is 0 Å². The van der Waals surface area contributed by atoms with Crippen molar-refractivity contribution in [3.63, 3.8) is 0 Å². The molecule has 0 spiro atoms. The normalized spacial score (nSPS) is 9.87. The molecule has 15 heavy (non-hydrogen) atoms. The number of hydrogen-bond acceptors (Lipinski definition) is 4. The number of benzene rings is 1. The molecule has 1 aromatic carbocycles. The Bertz CT molecular complexity index is 491. The Balaban J connectivity index is 2.42. The van der Waals surface area contributed by atoms with Gasteiger partial charge in [-0.1, -0.05) is 5.21 Å². The molecule has 2 N–H and O–H groups in total. The van der Waals surface area contributed by atoms with Crippen LogP contribution < -0.4 is 5.73 Å². The number of nitrogens with zero attached hydrogens (tertiary/aromatic N) is 4. The molecule has 0 aliphatic carbocycles. The van der Waals surface area contributed by atoms with E-state index in [1.807, 2.05) is 12.1 Å². The van der Waals surface area contributed by atoms with Crippen molar-refractivity contribution in [1.29, 1.82) is 5.26 Å². The minimum absolute atomic E-state index is 0.382. The van der Waals surface area contributed by atoms with E-state index in [9.17, 15) is 0 Å². The highest BCUT2D eigenvalue weighted by Gasteiger charge is 2.03. The number of nitriles is 1. The molecule has 0 atom stereocenters. The van der Waals surface area contributed by atoms with Crippen molar-refractivity contribution < 1.29 is 0 Å². The van der Waals surface area contributed by atoms with Gasteiger partial charge in [-0.05, 0) is 24.3 Å². The molecule has 5 nitrogen and oxygen atoms in total. The van der Waals surface area contributed by atoms with Crippen LogP contribution in [0.25, 0.3) is 5.69 Å². The van der Waals surface area contributed by atoms with Crippen molar-refractivity contribution in [3.8, 4) is 11.8 Å². The van der Waals surface area contributed by atoms with Crippen LogP contribution in [-0.4, -0.2) is 15.0 Å². The molecule has 0 amide bonds. The van der Waals surface area contributed by atoms with Crippen LogP contribution in [0.15, 0.2) is 30.5 Å². The summed E-state index contributed by atoms with van der Waals surface area (Å²) in [6, 6.07) is 9.15. The topological polar surface area (TPSA) is 80.5 Å². The quantitative estimate of drug-likeness (QED) is 0.767. The van der Waals surface area contributed by atoms with Crippen LogP contribution in [0.1, 0.15) is 11.3 Å². The van der Waals surface area contributed by atoms with E-state index in [2.05, 4.69) is 16.4 Å². The Kier molecular flexibility index (Phi) is 2.44. The summed E-state index contributed by atoms with van der Waals surface area (Å²) in [6.45, 7) is 0.382. The molecule has 0 aliphatic rings. The maximum Gasteiger partial charge on any atom is 0.0991 e. The molecule has 2 aromatic rings. The fraction of sp³-hybridized carbons (Fsp3) is 0.100. The van der Waals surface area contributed by atoms with Crippen molar-refractivity contribution in [1.82, 2.24) is 15.0 Å². The van der Waals surface area contributed by atoms with Gasteiger partial charge in [0.25, 0.3) is 0 Å². The Labute approximate surface area is 86.7 Å². The predicted molar refractivity (Wildman–Crippen MR) is 54.0 cm³/mol. The van der Waals surface area contributed by atoms with E-state index in [0.717, 1.165) is 11.4 Å². The van der Waals surface area contributed by atoms with Crippen molar-refractivity contribution in [2.75, 3.05) is 0 Å². The summed E-state index contributed by atoms with van der Waals surface area (Å²) >= 11 is 0. The molecule has 0 aliphatic heterocycles. The largest absolute Gasteiger partial charge is 0.325 e. The fourth-order valence-electron chi connectivity index (χ4n) is 1.29. The third-order valence-corrected chi connectivity index (χ3v) is 2.07. The fourth-order valence-corrected chi connectivity index (χ4v) is 1.29. The summed E-state index contributed by atoms with van der Waals surface area (Å²) in [4.78, 5) is 0. The highest BCUT2D eigenvalue weighted by atomic mass is 15.4. The van der Waals surface area contributed by atoms with Gasteiger partial charge in [0.05, 0.1) is 29.2 Å². The summed E-state index contributed by atoms with van der Waals surface area (Å²) in [5, 5.41) is 16.4. The monoisotopic (exact) mass is 199 g/mol. The molecular formula is C10H9N5. The Morgan fingerprint density at radius 2 is 2.07 bits per heavy atom. The molecule has 0 unspecified atom stereocenters. The van der Waals surface area contributed by atoms with Gasteiger partial charge in [-0.25, -0.2) is 4.68 Å². The second kappa shape index (κ2) is 3.90. The van der Waals surface area contributed by atoms with Crippen molar-refractivity contribution in [3.05, 3.63) is 41.7 Å². The van der Waals surface area contributed by atoms with Crippen LogP contribution in [0, 0.1) is 11.3 Å². The van der Waals surface area contributed by atoms with Gasteiger partial charge in [0, 0.05) is 6.54 Å². The third-order valence-electron chi connectivity index (χ3n) is 2.07. The molecular weight excluding hydrogens is 190 g/mol. The molecule has 0 fully saturated rings. The van der Waals surface area contributed by atoms with Crippen LogP contribution >= 0.6 is 0 Å². The minimum atomic E-state index is 0.382. The second-order valence-corrected chi connectivity index (χ2v) is 3.00. The average molecular weight is 199 g/mol. The first-order valence-electron chi connectivity index (χ1n) is 4.45. The van der Waals surface area contributed by atoms with Gasteiger partial charge in [0.15, 0.2) is 0 Å². The summed E-state index contributed by atoms with van der Waals surface area (Å²) in [5.74, 6) is 0. The van der Waals surface area contributed by atoms with Gasteiger partial charge in [-0.15, -0.1) is 5.10 Å². The maximum atomic E-state index is 8.66. The third kappa shape index (κ3) is 1.71. The zero-order valence-electron chi connectivity index (χ0n) is 7.96. The number of nitrogens with two attached hydrogens (primary N) is 1. The first kappa shape index (κ1) is 9.37. The SMILES string of the molecule is N#Cc1ccc(-n2nncc2CN)cc1. The number of hydrogen-bond donors (Lipinski definition) is 1. The van der Waals surface area contributed by atoms with E-state index in [0.29, 0.717) is 12.1 Å². The van der Waals surface area contributed by atoms with E-state index < -0.39 is 0 Å². The number of rotatable bonds is 2. The smallest absolute Gasteiger partial charge is 0.0991 e. The maximum absolute atomic E-state index is 8.66. The van der Waals surface area contributed by atoms with Gasteiger partial charge < -0.3 is 5.73 Å². The standard InChI is InChI=1S/C10H9N5/c11-5-8-1-3-9(4-2-8)15-10(6-12)7-13-14-15/h1-4,7H,6,12H2. The van der Waals surface area contributed by atoms with Crippen molar-refractivity contribution >= 4 is 0 Å². The summed E-state index contributed by atoms with van der Waals surface area (Å²) in [6.07, 6.45) is 1.62. The summed E-state index contributed by atoms with van der Waals surface area (Å²) < 4.78 is 1.65. The lowest BCUT2D eigenvalue weighted by atomic mass is 10.2.